The van der Waals surface area contributed by atoms with Crippen LogP contribution in [-0.4, -0.2) is 66.4 Å². The summed E-state index contributed by atoms with van der Waals surface area (Å²) in [5, 5.41) is 10.1. The first kappa shape index (κ1) is 25.9. The highest BCUT2D eigenvalue weighted by Gasteiger charge is 2.35. The smallest absolute Gasteiger partial charge is 0.219 e. The van der Waals surface area contributed by atoms with Gasteiger partial charge >= 0.3 is 0 Å². The first-order chi connectivity index (χ1) is 16.4. The van der Waals surface area contributed by atoms with Gasteiger partial charge in [-0.3, -0.25) is 9.69 Å². The number of hydrogen-bond donors (Lipinski definition) is 0. The third kappa shape index (κ3) is 6.91. The van der Waals surface area contributed by atoms with E-state index in [0.717, 1.165) is 64.2 Å². The van der Waals surface area contributed by atoms with Crippen molar-refractivity contribution in [1.82, 2.24) is 14.7 Å². The maximum absolute atomic E-state index is 12.1. The molecule has 0 N–H and O–H groups in total. The molecule has 1 aliphatic heterocycles. The highest BCUT2D eigenvalue weighted by molar-refractivity contribution is 5.73. The second-order valence-corrected chi connectivity index (χ2v) is 9.82. The molecule has 0 bridgehead atoms. The Kier molecular flexibility index (Phi) is 9.68. The monoisotopic (exact) mass is 460 g/mol. The lowest BCUT2D eigenvalue weighted by Crippen LogP contribution is -2.49. The molecular weight excluding hydrogens is 420 g/mol. The normalized spacial score (nSPS) is 16.7. The molecule has 34 heavy (non-hydrogen) atoms. The van der Waals surface area contributed by atoms with Crippen molar-refractivity contribution in [2.45, 2.75) is 45.6 Å². The van der Waals surface area contributed by atoms with Crippen molar-refractivity contribution >= 4 is 5.91 Å². The largest absolute Gasteiger partial charge is 0.337 e. The Labute approximate surface area is 206 Å². The zero-order valence-corrected chi connectivity index (χ0v) is 21.1. The lowest BCUT2D eigenvalue weighted by Gasteiger charge is -2.37. The van der Waals surface area contributed by atoms with Gasteiger partial charge in [-0.15, -0.1) is 0 Å². The fraction of sp³-hybridized carbons (Fsp3) is 0.517. The summed E-state index contributed by atoms with van der Waals surface area (Å²) in [5.74, 6) is 0.406. The number of amides is 1. The van der Waals surface area contributed by atoms with Gasteiger partial charge in [0.15, 0.2) is 0 Å². The third-order valence-corrected chi connectivity index (χ3v) is 7.33. The molecule has 0 aromatic heterocycles. The standard InChI is InChI=1S/C29H40N4O/c1-25(2)29(24-30,28-13-8-5-9-14-28)15-10-16-31-17-19-32(20-18-31)21-22-33(26(3)34)23-27-11-6-4-7-12-27/h4-9,11-14,25H,10,15-23H2,1-3H3. The summed E-state index contributed by atoms with van der Waals surface area (Å²) in [7, 11) is 0. The Morgan fingerprint density at radius 2 is 1.53 bits per heavy atom. The molecule has 5 heteroatoms. The van der Waals surface area contributed by atoms with E-state index in [9.17, 15) is 10.1 Å². The van der Waals surface area contributed by atoms with Crippen LogP contribution in [0.5, 0.6) is 0 Å². The van der Waals surface area contributed by atoms with E-state index < -0.39 is 5.41 Å². The van der Waals surface area contributed by atoms with E-state index in [-0.39, 0.29) is 11.8 Å². The second-order valence-electron chi connectivity index (χ2n) is 9.82. The number of piperazine rings is 1. The molecule has 1 fully saturated rings. The second kappa shape index (κ2) is 12.7. The van der Waals surface area contributed by atoms with Crippen LogP contribution < -0.4 is 0 Å². The Hall–Kier alpha value is -2.68. The van der Waals surface area contributed by atoms with Gasteiger partial charge in [-0.2, -0.15) is 5.26 Å². The molecule has 1 aliphatic rings. The molecule has 1 atom stereocenters. The zero-order valence-electron chi connectivity index (χ0n) is 21.1. The zero-order chi connectivity index (χ0) is 24.4. The highest BCUT2D eigenvalue weighted by atomic mass is 16.2. The average Bonchev–Trinajstić information content (AvgIpc) is 2.86. The van der Waals surface area contributed by atoms with Gasteiger partial charge in [0.1, 0.15) is 0 Å². The van der Waals surface area contributed by atoms with Crippen LogP contribution in [0.25, 0.3) is 0 Å². The summed E-state index contributed by atoms with van der Waals surface area (Å²) in [6.45, 7) is 13.5. The summed E-state index contributed by atoms with van der Waals surface area (Å²) in [5.41, 5.74) is 1.90. The lowest BCUT2D eigenvalue weighted by atomic mass is 9.70. The summed E-state index contributed by atoms with van der Waals surface area (Å²) < 4.78 is 0. The van der Waals surface area contributed by atoms with E-state index in [0.29, 0.717) is 6.54 Å². The number of carbonyl (C=O) groups excluding carboxylic acids is 1. The predicted octanol–water partition coefficient (Wildman–Crippen LogP) is 4.55. The fourth-order valence-corrected chi connectivity index (χ4v) is 4.98. The Bertz CT molecular complexity index is 916. The first-order valence-electron chi connectivity index (χ1n) is 12.7. The van der Waals surface area contributed by atoms with Crippen molar-refractivity contribution < 1.29 is 4.79 Å². The maximum atomic E-state index is 12.1. The van der Waals surface area contributed by atoms with Gasteiger partial charge in [-0.05, 0) is 36.4 Å². The van der Waals surface area contributed by atoms with Crippen molar-refractivity contribution in [3.63, 3.8) is 0 Å². The molecule has 1 unspecified atom stereocenters. The van der Waals surface area contributed by atoms with Crippen LogP contribution in [0.3, 0.4) is 0 Å². The minimum atomic E-state index is -0.419. The van der Waals surface area contributed by atoms with E-state index in [1.165, 1.54) is 5.56 Å². The number of hydrogen-bond acceptors (Lipinski definition) is 4. The SMILES string of the molecule is CC(=O)N(CCN1CCN(CCCC(C#N)(c2ccccc2)C(C)C)CC1)Cc1ccccc1. The highest BCUT2D eigenvalue weighted by Crippen LogP contribution is 2.36. The number of benzene rings is 2. The molecule has 1 heterocycles. The molecule has 5 nitrogen and oxygen atoms in total. The Morgan fingerprint density at radius 1 is 0.971 bits per heavy atom. The minimum Gasteiger partial charge on any atom is -0.337 e. The quantitative estimate of drug-likeness (QED) is 0.494. The van der Waals surface area contributed by atoms with E-state index in [4.69, 9.17) is 0 Å². The van der Waals surface area contributed by atoms with Crippen LogP contribution in [0.1, 0.15) is 44.7 Å². The van der Waals surface area contributed by atoms with E-state index in [1.54, 1.807) is 6.92 Å². The Balaban J connectivity index is 1.43. The van der Waals surface area contributed by atoms with Crippen LogP contribution in [0.4, 0.5) is 0 Å². The molecule has 2 aromatic rings. The van der Waals surface area contributed by atoms with Crippen LogP contribution in [0, 0.1) is 17.2 Å². The van der Waals surface area contributed by atoms with Gasteiger partial charge < -0.3 is 9.80 Å². The summed E-state index contributed by atoms with van der Waals surface area (Å²) in [4.78, 5) is 19.1. The van der Waals surface area contributed by atoms with Crippen molar-refractivity contribution in [1.29, 1.82) is 5.26 Å². The van der Waals surface area contributed by atoms with Gasteiger partial charge in [0, 0.05) is 52.7 Å². The van der Waals surface area contributed by atoms with Gasteiger partial charge in [0.25, 0.3) is 0 Å². The lowest BCUT2D eigenvalue weighted by molar-refractivity contribution is -0.129. The number of rotatable bonds is 11. The van der Waals surface area contributed by atoms with E-state index in [1.807, 2.05) is 41.3 Å². The molecule has 0 aliphatic carbocycles. The number of nitriles is 1. The molecule has 1 amide bonds. The number of nitrogens with zero attached hydrogens (tertiary/aromatic N) is 4. The predicted molar refractivity (Wildman–Crippen MR) is 138 cm³/mol. The van der Waals surface area contributed by atoms with Gasteiger partial charge in [0.05, 0.1) is 11.5 Å². The molecule has 182 valence electrons. The summed E-state index contributed by atoms with van der Waals surface area (Å²) in [6.07, 6.45) is 1.91. The maximum Gasteiger partial charge on any atom is 0.219 e. The van der Waals surface area contributed by atoms with Gasteiger partial charge in [-0.25, -0.2) is 0 Å². The fourth-order valence-electron chi connectivity index (χ4n) is 4.98. The molecular formula is C29H40N4O. The van der Waals surface area contributed by atoms with Crippen molar-refractivity contribution in [3.8, 4) is 6.07 Å². The van der Waals surface area contributed by atoms with Crippen molar-refractivity contribution in [2.75, 3.05) is 45.8 Å². The Morgan fingerprint density at radius 3 is 2.06 bits per heavy atom. The molecule has 2 aromatic carbocycles. The molecule has 0 radical (unpaired) electrons. The topological polar surface area (TPSA) is 50.6 Å². The molecule has 0 saturated carbocycles. The van der Waals surface area contributed by atoms with Gasteiger partial charge in [0.2, 0.25) is 5.91 Å². The van der Waals surface area contributed by atoms with E-state index >= 15 is 0 Å². The molecule has 3 rings (SSSR count). The summed E-state index contributed by atoms with van der Waals surface area (Å²) in [6, 6.07) is 23.2. The first-order valence-corrected chi connectivity index (χ1v) is 12.7. The summed E-state index contributed by atoms with van der Waals surface area (Å²) >= 11 is 0. The molecule has 1 saturated heterocycles. The molecule has 0 spiro atoms. The van der Waals surface area contributed by atoms with Crippen molar-refractivity contribution in [3.05, 3.63) is 71.8 Å². The van der Waals surface area contributed by atoms with Crippen molar-refractivity contribution in [2.24, 2.45) is 5.92 Å². The van der Waals surface area contributed by atoms with Crippen LogP contribution in [0.2, 0.25) is 0 Å². The average molecular weight is 461 g/mol. The third-order valence-electron chi connectivity index (χ3n) is 7.33. The minimum absolute atomic E-state index is 0.132. The van der Waals surface area contributed by atoms with Crippen LogP contribution in [-0.2, 0) is 16.8 Å². The van der Waals surface area contributed by atoms with Crippen LogP contribution in [0.15, 0.2) is 60.7 Å². The van der Waals surface area contributed by atoms with E-state index in [2.05, 4.69) is 54.0 Å². The number of carbonyl (C=O) groups is 1. The van der Waals surface area contributed by atoms with Gasteiger partial charge in [-0.1, -0.05) is 74.5 Å². The van der Waals surface area contributed by atoms with Crippen LogP contribution >= 0.6 is 0 Å².